The number of amides is 3. The number of hydrogen-bond donors (Lipinski definition) is 4. The quantitative estimate of drug-likeness (QED) is 0.0492. The molecule has 0 saturated carbocycles. The number of nitrogens with one attached hydrogen (secondary N) is 4. The molecule has 4 N–H and O–H groups in total. The van der Waals surface area contributed by atoms with E-state index in [0.29, 0.717) is 110 Å². The number of pyridine rings is 3. The number of ether oxygens (including phenoxy) is 6. The van der Waals surface area contributed by atoms with E-state index in [1.54, 1.807) is 25.4 Å². The van der Waals surface area contributed by atoms with E-state index >= 15 is 0 Å². The Morgan fingerprint density at radius 1 is 0.757 bits per heavy atom. The number of H-pyrrole nitrogens is 1. The van der Waals surface area contributed by atoms with Gasteiger partial charge < -0.3 is 59.2 Å². The lowest BCUT2D eigenvalue weighted by molar-refractivity contribution is -0.131. The van der Waals surface area contributed by atoms with E-state index in [4.69, 9.17) is 28.4 Å². The summed E-state index contributed by atoms with van der Waals surface area (Å²) in [4.78, 5) is 69.7. The second-order valence-electron chi connectivity index (χ2n) is 18.2. The van der Waals surface area contributed by atoms with Crippen molar-refractivity contribution in [2.75, 3.05) is 130 Å². The number of anilines is 1. The summed E-state index contributed by atoms with van der Waals surface area (Å²) in [5.41, 5.74) is 7.22. The number of likely N-dealkylation sites (tertiary alicyclic amines) is 1. The molecule has 5 aromatic rings. The number of methoxy groups -OCH3 is 1. The number of benzene rings is 2. The zero-order chi connectivity index (χ0) is 51.9. The molecular formula is C55H73N9O10. The maximum atomic E-state index is 13.2. The van der Waals surface area contributed by atoms with Gasteiger partial charge in [-0.25, -0.2) is 4.98 Å². The molecule has 0 radical (unpaired) electrons. The fourth-order valence-electron chi connectivity index (χ4n) is 9.00. The second-order valence-corrected chi connectivity index (χ2v) is 18.2. The van der Waals surface area contributed by atoms with Gasteiger partial charge >= 0.3 is 0 Å². The summed E-state index contributed by atoms with van der Waals surface area (Å²) in [7, 11) is 1.62. The summed E-state index contributed by atoms with van der Waals surface area (Å²) in [5, 5.41) is 9.06. The molecule has 3 aromatic heterocycles. The van der Waals surface area contributed by atoms with Crippen molar-refractivity contribution in [3.05, 3.63) is 123 Å². The highest BCUT2D eigenvalue weighted by Gasteiger charge is 2.25. The van der Waals surface area contributed by atoms with Crippen molar-refractivity contribution < 1.29 is 42.8 Å². The number of aryl methyl sites for hydroxylation is 1. The fourth-order valence-corrected chi connectivity index (χ4v) is 9.00. The number of hydrogen-bond acceptors (Lipinski definition) is 15. The lowest BCUT2D eigenvalue weighted by Gasteiger charge is -2.36. The number of piperidine rings is 1. The van der Waals surface area contributed by atoms with Gasteiger partial charge in [-0.1, -0.05) is 25.1 Å². The molecule has 2 fully saturated rings. The summed E-state index contributed by atoms with van der Waals surface area (Å²) in [6, 6.07) is 20.9. The molecule has 1 atom stereocenters. The number of piperazine rings is 1. The summed E-state index contributed by atoms with van der Waals surface area (Å²) in [5.74, 6) is 1.23. The summed E-state index contributed by atoms with van der Waals surface area (Å²) in [6.07, 6.45) is 6.15. The molecule has 2 aromatic carbocycles. The van der Waals surface area contributed by atoms with E-state index in [1.807, 2.05) is 79.5 Å². The highest BCUT2D eigenvalue weighted by molar-refractivity contribution is 5.94. The average molecular weight is 1020 g/mol. The fraction of sp³-hybridized carbons (Fsp3) is 0.491. The number of carbonyl (C=O) groups excluding carboxylic acids is 3. The minimum absolute atomic E-state index is 0.0489. The number of carbonyl (C=O) groups is 3. The molecule has 5 heterocycles. The molecular weight excluding hydrogens is 947 g/mol. The second kappa shape index (κ2) is 29.4. The van der Waals surface area contributed by atoms with E-state index in [9.17, 15) is 19.2 Å². The maximum absolute atomic E-state index is 13.2. The highest BCUT2D eigenvalue weighted by Crippen LogP contribution is 2.28. The van der Waals surface area contributed by atoms with Crippen LogP contribution in [-0.2, 0) is 43.3 Å². The van der Waals surface area contributed by atoms with Crippen LogP contribution < -0.4 is 35.9 Å². The smallest absolute Gasteiger partial charge is 0.269 e. The van der Waals surface area contributed by atoms with Gasteiger partial charge in [0, 0.05) is 100 Å². The number of aromatic amines is 1. The van der Waals surface area contributed by atoms with E-state index in [0.717, 1.165) is 96.0 Å². The predicted molar refractivity (Wildman–Crippen MR) is 282 cm³/mol. The average Bonchev–Trinajstić information content (AvgIpc) is 3.43. The molecule has 19 heteroatoms. The zero-order valence-corrected chi connectivity index (χ0v) is 43.2. The van der Waals surface area contributed by atoms with E-state index < -0.39 is 0 Å². The minimum Gasteiger partial charge on any atom is -0.497 e. The van der Waals surface area contributed by atoms with E-state index in [2.05, 4.69) is 40.7 Å². The van der Waals surface area contributed by atoms with Gasteiger partial charge in [-0.2, -0.15) is 0 Å². The zero-order valence-electron chi connectivity index (χ0n) is 43.2. The Morgan fingerprint density at radius 3 is 2.18 bits per heavy atom. The van der Waals surface area contributed by atoms with Gasteiger partial charge in [0.15, 0.2) is 0 Å². The monoisotopic (exact) mass is 1020 g/mol. The van der Waals surface area contributed by atoms with Gasteiger partial charge in [-0.3, -0.25) is 29.1 Å². The van der Waals surface area contributed by atoms with Crippen LogP contribution in [0.2, 0.25) is 0 Å². The SMILES string of the molecule is CCOc1cc(OC)ccc1CNCC(=O)N1CCC[C@H](c2cccc(C(=O)NCCOCCOCCOCCOCCNC(=O)c3ccc(N4CCN(Cc5cnc6cc(CC)c(=O)[nH]c6c5)CC4)cn3)c2)C1. The van der Waals surface area contributed by atoms with Gasteiger partial charge in [0.2, 0.25) is 5.91 Å². The van der Waals surface area contributed by atoms with E-state index in [1.165, 1.54) is 0 Å². The summed E-state index contributed by atoms with van der Waals surface area (Å²) >= 11 is 0. The first-order valence-corrected chi connectivity index (χ1v) is 25.9. The number of rotatable bonds is 29. The minimum atomic E-state index is -0.256. The molecule has 2 saturated heterocycles. The Kier molecular flexibility index (Phi) is 22.0. The molecule has 2 aliphatic rings. The lowest BCUT2D eigenvalue weighted by Crippen LogP contribution is -2.46. The highest BCUT2D eigenvalue weighted by atomic mass is 16.6. The Morgan fingerprint density at radius 2 is 1.49 bits per heavy atom. The molecule has 0 unspecified atom stereocenters. The van der Waals surface area contributed by atoms with Gasteiger partial charge in [0.1, 0.15) is 17.2 Å². The van der Waals surface area contributed by atoms with Crippen LogP contribution in [0.25, 0.3) is 11.0 Å². The van der Waals surface area contributed by atoms with Crippen molar-refractivity contribution >= 4 is 34.4 Å². The van der Waals surface area contributed by atoms with Gasteiger partial charge in [-0.15, -0.1) is 0 Å². The van der Waals surface area contributed by atoms with Crippen LogP contribution in [0.4, 0.5) is 5.69 Å². The van der Waals surface area contributed by atoms with Gasteiger partial charge in [0.25, 0.3) is 17.4 Å². The first-order chi connectivity index (χ1) is 36.2. The van der Waals surface area contributed by atoms with Crippen molar-refractivity contribution in [1.29, 1.82) is 0 Å². The van der Waals surface area contributed by atoms with Crippen LogP contribution >= 0.6 is 0 Å². The van der Waals surface area contributed by atoms with Crippen LogP contribution in [0.5, 0.6) is 11.5 Å². The molecule has 7 rings (SSSR count). The predicted octanol–water partition coefficient (Wildman–Crippen LogP) is 4.33. The summed E-state index contributed by atoms with van der Waals surface area (Å²) in [6.45, 7) is 14.4. The maximum Gasteiger partial charge on any atom is 0.269 e. The van der Waals surface area contributed by atoms with Crippen molar-refractivity contribution in [2.45, 2.75) is 52.1 Å². The Labute approximate surface area is 433 Å². The Hall–Kier alpha value is -6.48. The molecule has 398 valence electrons. The van der Waals surface area contributed by atoms with E-state index in [-0.39, 0.29) is 35.7 Å². The molecule has 19 nitrogen and oxygen atoms in total. The Balaban J connectivity index is 0.663. The van der Waals surface area contributed by atoms with Crippen molar-refractivity contribution in [1.82, 2.24) is 40.7 Å². The van der Waals surface area contributed by atoms with Crippen LogP contribution in [-0.4, -0.2) is 168 Å². The van der Waals surface area contributed by atoms with Crippen molar-refractivity contribution in [2.24, 2.45) is 0 Å². The van der Waals surface area contributed by atoms with Crippen LogP contribution in [0.15, 0.2) is 83.9 Å². The van der Waals surface area contributed by atoms with Crippen LogP contribution in [0, 0.1) is 0 Å². The third-order valence-electron chi connectivity index (χ3n) is 13.1. The number of fused-ring (bicyclic) bond motifs is 1. The van der Waals surface area contributed by atoms with Crippen molar-refractivity contribution in [3.8, 4) is 11.5 Å². The first-order valence-electron chi connectivity index (χ1n) is 25.9. The lowest BCUT2D eigenvalue weighted by atomic mass is 9.89. The normalized spacial score (nSPS) is 15.0. The van der Waals surface area contributed by atoms with Crippen LogP contribution in [0.1, 0.15) is 75.7 Å². The molecule has 74 heavy (non-hydrogen) atoms. The molecule has 0 spiro atoms. The van der Waals surface area contributed by atoms with Gasteiger partial charge in [-0.05, 0) is 79.8 Å². The molecule has 0 aliphatic carbocycles. The third-order valence-corrected chi connectivity index (χ3v) is 13.1. The third kappa shape index (κ3) is 16.8. The van der Waals surface area contributed by atoms with Crippen LogP contribution in [0.3, 0.4) is 0 Å². The largest absolute Gasteiger partial charge is 0.497 e. The molecule has 2 aliphatic heterocycles. The summed E-state index contributed by atoms with van der Waals surface area (Å²) < 4.78 is 33.5. The standard InChI is InChI=1S/C55H73N9O10/c1-4-41-32-49-50(61-54(41)67)30-40(34-59-49)38-62-18-20-63(21-19-62)46-12-14-48(60-36-46)55(68)58-16-23-71-25-27-73-29-28-72-26-24-70-22-15-57-53(66)43-9-6-8-42(31-43)45-10-7-17-64(39-45)52(65)37-56-35-44-11-13-47(69-3)33-51(44)74-5-2/h6,8-9,11-14,30-34,36,45,56H,4-5,7,10,15-29,35,37-39H2,1-3H3,(H,57,66)(H,58,68)(H,61,67)/t45-/m0/s1. The van der Waals surface area contributed by atoms with Gasteiger partial charge in [0.05, 0.1) is 96.0 Å². The first kappa shape index (κ1) is 55.3. The van der Waals surface area contributed by atoms with Crippen molar-refractivity contribution in [3.63, 3.8) is 0 Å². The molecule has 0 bridgehead atoms. The topological polar surface area (TPSA) is 211 Å². The number of aromatic nitrogens is 3. The number of nitrogens with zero attached hydrogens (tertiary/aromatic N) is 5. The molecule has 3 amide bonds. The Bertz CT molecular complexity index is 2630.